The van der Waals surface area contributed by atoms with E-state index in [1.165, 1.54) is 5.56 Å². The second-order valence-corrected chi connectivity index (χ2v) is 5.25. The molecule has 0 aliphatic heterocycles. The van der Waals surface area contributed by atoms with Crippen molar-refractivity contribution in [3.05, 3.63) is 28.8 Å². The van der Waals surface area contributed by atoms with E-state index in [0.717, 1.165) is 29.7 Å². The third-order valence-corrected chi connectivity index (χ3v) is 3.36. The molecule has 0 unspecified atom stereocenters. The zero-order valence-electron chi connectivity index (χ0n) is 11.5. The standard InChI is InChI=1S/C15H21NO2/c1-9-7-10(2)11(3)14(8-9)18-12(4)15(17)16-13-5-6-13/h7-8,12-13H,5-6H2,1-4H3,(H,16,17)/t12-/m0/s1. The van der Waals surface area contributed by atoms with Crippen LogP contribution < -0.4 is 10.1 Å². The summed E-state index contributed by atoms with van der Waals surface area (Å²) in [6.45, 7) is 7.92. The van der Waals surface area contributed by atoms with E-state index in [2.05, 4.69) is 18.3 Å². The van der Waals surface area contributed by atoms with E-state index in [-0.39, 0.29) is 5.91 Å². The second-order valence-electron chi connectivity index (χ2n) is 5.25. The van der Waals surface area contributed by atoms with Crippen LogP contribution in [0.25, 0.3) is 0 Å². The number of ether oxygens (including phenoxy) is 1. The van der Waals surface area contributed by atoms with E-state index < -0.39 is 6.10 Å². The second kappa shape index (κ2) is 5.01. The molecule has 1 fully saturated rings. The molecule has 0 aromatic heterocycles. The number of aryl methyl sites for hydroxylation is 2. The van der Waals surface area contributed by atoms with Crippen LogP contribution in [0.2, 0.25) is 0 Å². The van der Waals surface area contributed by atoms with Crippen LogP contribution in [-0.4, -0.2) is 18.1 Å². The first kappa shape index (κ1) is 12.9. The van der Waals surface area contributed by atoms with E-state index in [1.807, 2.05) is 19.9 Å². The Hall–Kier alpha value is -1.51. The molecule has 1 amide bonds. The molecule has 1 aromatic rings. The Morgan fingerprint density at radius 2 is 2.00 bits per heavy atom. The Morgan fingerprint density at radius 1 is 1.33 bits per heavy atom. The summed E-state index contributed by atoms with van der Waals surface area (Å²) in [5, 5.41) is 2.96. The number of nitrogens with one attached hydrogen (secondary N) is 1. The topological polar surface area (TPSA) is 38.3 Å². The van der Waals surface area contributed by atoms with Crippen LogP contribution in [0.15, 0.2) is 12.1 Å². The van der Waals surface area contributed by atoms with Gasteiger partial charge in [-0.3, -0.25) is 4.79 Å². The molecule has 3 heteroatoms. The minimum Gasteiger partial charge on any atom is -0.481 e. The Bertz CT molecular complexity index is 464. The van der Waals surface area contributed by atoms with Crippen LogP contribution in [0.3, 0.4) is 0 Å². The fourth-order valence-corrected chi connectivity index (χ4v) is 1.91. The maximum atomic E-state index is 11.8. The fraction of sp³-hybridized carbons (Fsp3) is 0.533. The number of rotatable bonds is 4. The number of benzene rings is 1. The van der Waals surface area contributed by atoms with Gasteiger partial charge in [-0.05, 0) is 63.3 Å². The van der Waals surface area contributed by atoms with Crippen molar-refractivity contribution in [2.24, 2.45) is 0 Å². The smallest absolute Gasteiger partial charge is 0.260 e. The molecule has 1 aromatic carbocycles. The fourth-order valence-electron chi connectivity index (χ4n) is 1.91. The van der Waals surface area contributed by atoms with Crippen LogP contribution in [0.1, 0.15) is 36.5 Å². The van der Waals surface area contributed by atoms with E-state index in [1.54, 1.807) is 6.92 Å². The molecule has 0 bridgehead atoms. The molecule has 0 spiro atoms. The maximum Gasteiger partial charge on any atom is 0.260 e. The average Bonchev–Trinajstić information content (AvgIpc) is 3.08. The average molecular weight is 247 g/mol. The first-order valence-electron chi connectivity index (χ1n) is 6.52. The summed E-state index contributed by atoms with van der Waals surface area (Å²) in [7, 11) is 0. The van der Waals surface area contributed by atoms with E-state index >= 15 is 0 Å². The van der Waals surface area contributed by atoms with Crippen molar-refractivity contribution in [2.75, 3.05) is 0 Å². The number of carbonyl (C=O) groups is 1. The molecule has 0 heterocycles. The van der Waals surface area contributed by atoms with Crippen molar-refractivity contribution in [3.63, 3.8) is 0 Å². The van der Waals surface area contributed by atoms with Crippen LogP contribution >= 0.6 is 0 Å². The van der Waals surface area contributed by atoms with Gasteiger partial charge in [0.15, 0.2) is 6.10 Å². The molecule has 2 rings (SSSR count). The molecular weight excluding hydrogens is 226 g/mol. The summed E-state index contributed by atoms with van der Waals surface area (Å²) in [4.78, 5) is 11.8. The Labute approximate surface area is 109 Å². The summed E-state index contributed by atoms with van der Waals surface area (Å²) in [6.07, 6.45) is 1.76. The minimum absolute atomic E-state index is 0.0175. The highest BCUT2D eigenvalue weighted by Gasteiger charge is 2.26. The molecule has 98 valence electrons. The molecule has 18 heavy (non-hydrogen) atoms. The zero-order valence-corrected chi connectivity index (χ0v) is 11.5. The number of carbonyl (C=O) groups excluding carboxylic acids is 1. The number of hydrogen-bond acceptors (Lipinski definition) is 2. The van der Waals surface area contributed by atoms with Crippen molar-refractivity contribution in [2.45, 2.75) is 52.7 Å². The molecule has 3 nitrogen and oxygen atoms in total. The van der Waals surface area contributed by atoms with Gasteiger partial charge in [0.25, 0.3) is 5.91 Å². The molecular formula is C15H21NO2. The van der Waals surface area contributed by atoms with Gasteiger partial charge in [0.1, 0.15) is 5.75 Å². The van der Waals surface area contributed by atoms with Gasteiger partial charge in [-0.2, -0.15) is 0 Å². The Balaban J connectivity index is 2.05. The summed E-state index contributed by atoms with van der Waals surface area (Å²) >= 11 is 0. The largest absolute Gasteiger partial charge is 0.481 e. The molecule has 0 saturated heterocycles. The van der Waals surface area contributed by atoms with Gasteiger partial charge >= 0.3 is 0 Å². The van der Waals surface area contributed by atoms with Crippen LogP contribution in [0, 0.1) is 20.8 Å². The van der Waals surface area contributed by atoms with E-state index in [4.69, 9.17) is 4.74 Å². The lowest BCUT2D eigenvalue weighted by molar-refractivity contribution is -0.127. The van der Waals surface area contributed by atoms with Crippen LogP contribution in [-0.2, 0) is 4.79 Å². The highest BCUT2D eigenvalue weighted by atomic mass is 16.5. The summed E-state index contributed by atoms with van der Waals surface area (Å²) in [6, 6.07) is 4.49. The van der Waals surface area contributed by atoms with Crippen molar-refractivity contribution >= 4 is 5.91 Å². The minimum atomic E-state index is -0.439. The maximum absolute atomic E-state index is 11.8. The van der Waals surface area contributed by atoms with Crippen molar-refractivity contribution in [3.8, 4) is 5.75 Å². The third kappa shape index (κ3) is 3.03. The summed E-state index contributed by atoms with van der Waals surface area (Å²) in [5.41, 5.74) is 3.45. The van der Waals surface area contributed by atoms with Gasteiger partial charge in [-0.25, -0.2) is 0 Å². The lowest BCUT2D eigenvalue weighted by Gasteiger charge is -2.17. The van der Waals surface area contributed by atoms with Crippen LogP contribution in [0.5, 0.6) is 5.75 Å². The van der Waals surface area contributed by atoms with Gasteiger partial charge in [0, 0.05) is 6.04 Å². The van der Waals surface area contributed by atoms with Gasteiger partial charge in [-0.15, -0.1) is 0 Å². The number of amides is 1. The molecule has 1 aliphatic carbocycles. The first-order valence-corrected chi connectivity index (χ1v) is 6.52. The third-order valence-electron chi connectivity index (χ3n) is 3.36. The Kier molecular flexibility index (Phi) is 3.60. The van der Waals surface area contributed by atoms with Gasteiger partial charge < -0.3 is 10.1 Å². The molecule has 1 N–H and O–H groups in total. The van der Waals surface area contributed by atoms with E-state index in [0.29, 0.717) is 6.04 Å². The van der Waals surface area contributed by atoms with Crippen molar-refractivity contribution in [1.29, 1.82) is 0 Å². The van der Waals surface area contributed by atoms with Gasteiger partial charge in [-0.1, -0.05) is 6.07 Å². The van der Waals surface area contributed by atoms with E-state index in [9.17, 15) is 4.79 Å². The molecule has 1 aliphatic rings. The molecule has 0 radical (unpaired) electrons. The van der Waals surface area contributed by atoms with Crippen molar-refractivity contribution in [1.82, 2.24) is 5.32 Å². The molecule has 1 saturated carbocycles. The lowest BCUT2D eigenvalue weighted by Crippen LogP contribution is -2.37. The number of hydrogen-bond donors (Lipinski definition) is 1. The normalized spacial score (nSPS) is 16.2. The highest BCUT2D eigenvalue weighted by molar-refractivity contribution is 5.81. The highest BCUT2D eigenvalue weighted by Crippen LogP contribution is 2.25. The summed E-state index contributed by atoms with van der Waals surface area (Å²) < 4.78 is 5.79. The quantitative estimate of drug-likeness (QED) is 0.888. The predicted molar refractivity (Wildman–Crippen MR) is 71.9 cm³/mol. The lowest BCUT2D eigenvalue weighted by atomic mass is 10.1. The SMILES string of the molecule is Cc1cc(C)c(C)c(O[C@@H](C)C(=O)NC2CC2)c1. The van der Waals surface area contributed by atoms with Gasteiger partial charge in [0.2, 0.25) is 0 Å². The predicted octanol–water partition coefficient (Wildman–Crippen LogP) is 2.66. The zero-order chi connectivity index (χ0) is 13.3. The van der Waals surface area contributed by atoms with Crippen LogP contribution in [0.4, 0.5) is 0 Å². The summed E-state index contributed by atoms with van der Waals surface area (Å²) in [5.74, 6) is 0.794. The monoisotopic (exact) mass is 247 g/mol. The van der Waals surface area contributed by atoms with Gasteiger partial charge in [0.05, 0.1) is 0 Å². The first-order chi connectivity index (χ1) is 8.47. The molecule has 1 atom stereocenters. The Morgan fingerprint density at radius 3 is 2.61 bits per heavy atom. The van der Waals surface area contributed by atoms with Crippen molar-refractivity contribution < 1.29 is 9.53 Å².